The number of nitrogens with zero attached hydrogens (tertiary/aromatic N) is 5. The summed E-state index contributed by atoms with van der Waals surface area (Å²) in [7, 11) is 0. The molecular formula is C21H23F2N5. The summed E-state index contributed by atoms with van der Waals surface area (Å²) in [6.07, 6.45) is 6.22. The van der Waals surface area contributed by atoms with E-state index in [2.05, 4.69) is 15.0 Å². The fraction of sp³-hybridized carbons (Fsp3) is 0.381. The zero-order valence-corrected chi connectivity index (χ0v) is 16.1. The van der Waals surface area contributed by atoms with Crippen LogP contribution in [0.2, 0.25) is 0 Å². The smallest absolute Gasteiger partial charge is 0.174 e. The van der Waals surface area contributed by atoms with E-state index in [1.54, 1.807) is 18.5 Å². The van der Waals surface area contributed by atoms with E-state index in [1.165, 1.54) is 12.1 Å². The maximum atomic E-state index is 13.4. The Morgan fingerprint density at radius 2 is 1.75 bits per heavy atom. The number of aromatic nitrogens is 4. The molecule has 2 aromatic heterocycles. The summed E-state index contributed by atoms with van der Waals surface area (Å²) >= 11 is 0. The van der Waals surface area contributed by atoms with Gasteiger partial charge in [0.1, 0.15) is 5.82 Å². The molecule has 1 fully saturated rings. The zero-order chi connectivity index (χ0) is 19.7. The van der Waals surface area contributed by atoms with Gasteiger partial charge in [0.05, 0.1) is 18.1 Å². The molecule has 3 aromatic rings. The normalized spacial score (nSPS) is 15.2. The second-order valence-electron chi connectivity index (χ2n) is 7.46. The van der Waals surface area contributed by atoms with Crippen LogP contribution in [0.5, 0.6) is 0 Å². The molecule has 0 amide bonds. The molecule has 1 aliphatic heterocycles. The second-order valence-corrected chi connectivity index (χ2v) is 7.46. The van der Waals surface area contributed by atoms with Gasteiger partial charge in [-0.3, -0.25) is 4.98 Å². The lowest BCUT2D eigenvalue weighted by atomic mass is 9.90. The fourth-order valence-electron chi connectivity index (χ4n) is 3.83. The van der Waals surface area contributed by atoms with Gasteiger partial charge in [-0.2, -0.15) is 5.10 Å². The molecule has 0 aliphatic carbocycles. The lowest BCUT2D eigenvalue weighted by Gasteiger charge is -2.32. The highest BCUT2D eigenvalue weighted by molar-refractivity contribution is 5.40. The van der Waals surface area contributed by atoms with Crippen molar-refractivity contribution in [1.82, 2.24) is 19.7 Å². The van der Waals surface area contributed by atoms with Gasteiger partial charge in [0.25, 0.3) is 0 Å². The molecular weight excluding hydrogens is 360 g/mol. The Bertz CT molecular complexity index is 977. The first-order valence-electron chi connectivity index (χ1n) is 9.54. The minimum absolute atomic E-state index is 0.452. The van der Waals surface area contributed by atoms with E-state index < -0.39 is 11.6 Å². The van der Waals surface area contributed by atoms with Gasteiger partial charge in [0, 0.05) is 18.8 Å². The third-order valence-electron chi connectivity index (χ3n) is 5.28. The predicted molar refractivity (Wildman–Crippen MR) is 104 cm³/mol. The van der Waals surface area contributed by atoms with Crippen LogP contribution in [-0.2, 0) is 6.42 Å². The van der Waals surface area contributed by atoms with E-state index >= 15 is 0 Å². The largest absolute Gasteiger partial charge is 0.355 e. The molecule has 0 saturated carbocycles. The molecule has 0 unspecified atom stereocenters. The molecule has 0 spiro atoms. The Morgan fingerprint density at radius 1 is 1.00 bits per heavy atom. The minimum atomic E-state index is -0.792. The molecule has 3 heterocycles. The lowest BCUT2D eigenvalue weighted by molar-refractivity contribution is 0.400. The van der Waals surface area contributed by atoms with Gasteiger partial charge in [0.15, 0.2) is 17.5 Å². The Balaban J connectivity index is 1.42. The van der Waals surface area contributed by atoms with Crippen LogP contribution in [0.4, 0.5) is 14.6 Å². The minimum Gasteiger partial charge on any atom is -0.355 e. The molecule has 5 nitrogen and oxygen atoms in total. The molecule has 4 rings (SSSR count). The van der Waals surface area contributed by atoms with Gasteiger partial charge in [-0.25, -0.2) is 18.4 Å². The summed E-state index contributed by atoms with van der Waals surface area (Å²) in [6, 6.07) is 6.21. The van der Waals surface area contributed by atoms with Crippen molar-refractivity contribution < 1.29 is 8.78 Å². The number of benzene rings is 1. The highest BCUT2D eigenvalue weighted by Crippen LogP contribution is 2.25. The van der Waals surface area contributed by atoms with Crippen LogP contribution >= 0.6 is 0 Å². The molecule has 0 atom stereocenters. The van der Waals surface area contributed by atoms with Crippen molar-refractivity contribution in [2.45, 2.75) is 33.1 Å². The Morgan fingerprint density at radius 3 is 2.43 bits per heavy atom. The summed E-state index contributed by atoms with van der Waals surface area (Å²) in [5, 5.41) is 4.48. The van der Waals surface area contributed by atoms with Crippen LogP contribution in [-0.4, -0.2) is 32.8 Å². The van der Waals surface area contributed by atoms with Crippen LogP contribution in [0.15, 0.2) is 36.7 Å². The number of hydrogen-bond acceptors (Lipinski definition) is 4. The van der Waals surface area contributed by atoms with Crippen molar-refractivity contribution in [2.75, 3.05) is 18.0 Å². The van der Waals surface area contributed by atoms with Crippen LogP contribution in [0, 0.1) is 31.4 Å². The van der Waals surface area contributed by atoms with Crippen LogP contribution in [0.25, 0.3) is 5.82 Å². The van der Waals surface area contributed by atoms with Crippen molar-refractivity contribution in [1.29, 1.82) is 0 Å². The van der Waals surface area contributed by atoms with E-state index in [1.807, 2.05) is 24.6 Å². The number of hydrogen-bond donors (Lipinski definition) is 0. The van der Waals surface area contributed by atoms with Crippen molar-refractivity contribution in [2.24, 2.45) is 5.92 Å². The maximum absolute atomic E-state index is 13.4. The molecule has 0 bridgehead atoms. The monoisotopic (exact) mass is 383 g/mol. The highest BCUT2D eigenvalue weighted by Gasteiger charge is 2.21. The number of aryl methyl sites for hydroxylation is 2. The molecule has 28 heavy (non-hydrogen) atoms. The Hall–Kier alpha value is -2.83. The van der Waals surface area contributed by atoms with Gasteiger partial charge >= 0.3 is 0 Å². The van der Waals surface area contributed by atoms with Gasteiger partial charge < -0.3 is 4.90 Å². The summed E-state index contributed by atoms with van der Waals surface area (Å²) in [4.78, 5) is 11.3. The Kier molecular flexibility index (Phi) is 5.07. The Labute approximate surface area is 163 Å². The van der Waals surface area contributed by atoms with E-state index in [4.69, 9.17) is 4.98 Å². The highest BCUT2D eigenvalue weighted by atomic mass is 19.2. The van der Waals surface area contributed by atoms with Gasteiger partial charge in [-0.15, -0.1) is 0 Å². The number of rotatable bonds is 4. The second kappa shape index (κ2) is 7.66. The summed E-state index contributed by atoms with van der Waals surface area (Å²) in [5.74, 6) is 0.447. The number of anilines is 1. The van der Waals surface area contributed by atoms with E-state index in [-0.39, 0.29) is 0 Å². The molecule has 1 aliphatic rings. The first-order valence-corrected chi connectivity index (χ1v) is 9.54. The van der Waals surface area contributed by atoms with Crippen molar-refractivity contribution in [3.05, 3.63) is 65.2 Å². The van der Waals surface area contributed by atoms with E-state index in [9.17, 15) is 8.78 Å². The van der Waals surface area contributed by atoms with E-state index in [0.717, 1.165) is 55.1 Å². The van der Waals surface area contributed by atoms with Crippen LogP contribution in [0.1, 0.15) is 29.8 Å². The average Bonchev–Trinajstić information content (AvgIpc) is 3.04. The maximum Gasteiger partial charge on any atom is 0.174 e. The topological polar surface area (TPSA) is 46.8 Å². The fourth-order valence-corrected chi connectivity index (χ4v) is 3.83. The molecule has 7 heteroatoms. The molecule has 1 aromatic carbocycles. The van der Waals surface area contributed by atoms with Crippen molar-refractivity contribution in [3.63, 3.8) is 0 Å². The first-order chi connectivity index (χ1) is 13.5. The van der Waals surface area contributed by atoms with Gasteiger partial charge in [0.2, 0.25) is 0 Å². The number of halogens is 2. The SMILES string of the molecule is Cc1cc(C)n(-c2cncc(N3CCC(Cc4ccc(F)c(F)c4)CC3)n2)n1. The summed E-state index contributed by atoms with van der Waals surface area (Å²) < 4.78 is 28.3. The molecule has 1 saturated heterocycles. The quantitative estimate of drug-likeness (QED) is 0.683. The molecule has 0 N–H and O–H groups in total. The van der Waals surface area contributed by atoms with Crippen molar-refractivity contribution in [3.8, 4) is 5.82 Å². The van der Waals surface area contributed by atoms with Crippen molar-refractivity contribution >= 4 is 5.82 Å². The lowest BCUT2D eigenvalue weighted by Crippen LogP contribution is -2.35. The standard InChI is InChI=1S/C21H23F2N5/c1-14-9-15(2)28(26-14)21-13-24-12-20(25-21)27-7-5-16(6-8-27)10-17-3-4-18(22)19(23)11-17/h3-4,9,11-13,16H,5-8,10H2,1-2H3. The van der Waals surface area contributed by atoms with E-state index in [0.29, 0.717) is 11.7 Å². The third-order valence-corrected chi connectivity index (χ3v) is 5.28. The predicted octanol–water partition coefficient (Wildman–Crippen LogP) is 4.02. The molecule has 146 valence electrons. The zero-order valence-electron chi connectivity index (χ0n) is 16.1. The summed E-state index contributed by atoms with van der Waals surface area (Å²) in [6.45, 7) is 5.68. The third kappa shape index (κ3) is 3.88. The van der Waals surface area contributed by atoms with Crippen LogP contribution in [0.3, 0.4) is 0 Å². The van der Waals surface area contributed by atoms with Gasteiger partial charge in [-0.05, 0) is 62.8 Å². The summed E-state index contributed by atoms with van der Waals surface area (Å²) in [5.41, 5.74) is 2.82. The molecule has 0 radical (unpaired) electrons. The van der Waals surface area contributed by atoms with Gasteiger partial charge in [-0.1, -0.05) is 6.07 Å². The average molecular weight is 383 g/mol. The van der Waals surface area contributed by atoms with Crippen LogP contribution < -0.4 is 4.90 Å². The first kappa shape index (κ1) is 18.5. The number of piperidine rings is 1.